The zero-order valence-corrected chi connectivity index (χ0v) is 18.6. The van der Waals surface area contributed by atoms with Gasteiger partial charge < -0.3 is 19.1 Å². The SMILES string of the molecule is Cc1ccc(OCCn2c(O)c(N=NC(=O)COc3cccc(C)c3)c3ccccc32)cc1. The molecule has 0 fully saturated rings. The molecule has 0 bridgehead atoms. The van der Waals surface area contributed by atoms with Crippen molar-refractivity contribution in [3.05, 3.63) is 83.9 Å². The Morgan fingerprint density at radius 3 is 2.48 bits per heavy atom. The van der Waals surface area contributed by atoms with E-state index in [1.165, 1.54) is 0 Å². The van der Waals surface area contributed by atoms with Gasteiger partial charge in [0.15, 0.2) is 12.3 Å². The van der Waals surface area contributed by atoms with Crippen LogP contribution in [0.2, 0.25) is 0 Å². The molecule has 0 saturated carbocycles. The van der Waals surface area contributed by atoms with Crippen molar-refractivity contribution in [2.45, 2.75) is 20.4 Å². The molecule has 0 spiro atoms. The summed E-state index contributed by atoms with van der Waals surface area (Å²) in [5.41, 5.74) is 3.21. The molecular weight excluding hydrogens is 418 g/mol. The fourth-order valence-electron chi connectivity index (χ4n) is 3.47. The van der Waals surface area contributed by atoms with Crippen LogP contribution in [0.25, 0.3) is 10.9 Å². The fourth-order valence-corrected chi connectivity index (χ4v) is 3.47. The molecule has 0 unspecified atom stereocenters. The lowest BCUT2D eigenvalue weighted by Crippen LogP contribution is -2.08. The van der Waals surface area contributed by atoms with E-state index >= 15 is 0 Å². The lowest BCUT2D eigenvalue weighted by atomic mass is 10.2. The summed E-state index contributed by atoms with van der Waals surface area (Å²) in [6, 6.07) is 22.6. The molecule has 0 aliphatic carbocycles. The van der Waals surface area contributed by atoms with Crippen LogP contribution in [0.4, 0.5) is 5.69 Å². The summed E-state index contributed by atoms with van der Waals surface area (Å²) in [6.07, 6.45) is 0. The number of hydrogen-bond acceptors (Lipinski definition) is 5. The first kappa shape index (κ1) is 22.1. The quantitative estimate of drug-likeness (QED) is 0.352. The third-order valence-electron chi connectivity index (χ3n) is 5.14. The maximum atomic E-state index is 12.2. The second-order valence-electron chi connectivity index (χ2n) is 7.70. The lowest BCUT2D eigenvalue weighted by Gasteiger charge is -2.09. The number of ether oxygens (including phenoxy) is 2. The third kappa shape index (κ3) is 5.38. The Bertz CT molecular complexity index is 1290. The number of rotatable bonds is 8. The topological polar surface area (TPSA) is 85.4 Å². The number of carbonyl (C=O) groups excluding carboxylic acids is 1. The minimum atomic E-state index is -0.546. The van der Waals surface area contributed by atoms with Crippen LogP contribution < -0.4 is 9.47 Å². The van der Waals surface area contributed by atoms with Crippen LogP contribution in [0.15, 0.2) is 83.0 Å². The van der Waals surface area contributed by atoms with Crippen LogP contribution in [-0.4, -0.2) is 28.8 Å². The van der Waals surface area contributed by atoms with Crippen molar-refractivity contribution in [1.29, 1.82) is 0 Å². The van der Waals surface area contributed by atoms with Gasteiger partial charge in [0.25, 0.3) is 0 Å². The molecule has 168 valence electrons. The van der Waals surface area contributed by atoms with Crippen LogP contribution in [0.1, 0.15) is 11.1 Å². The summed E-state index contributed by atoms with van der Waals surface area (Å²) in [6.45, 7) is 4.48. The first-order valence-electron chi connectivity index (χ1n) is 10.6. The van der Waals surface area contributed by atoms with Crippen molar-refractivity contribution < 1.29 is 19.4 Å². The lowest BCUT2D eigenvalue weighted by molar-refractivity contribution is -0.120. The smallest absolute Gasteiger partial charge is 0.302 e. The van der Waals surface area contributed by atoms with Gasteiger partial charge in [0.05, 0.1) is 12.1 Å². The standard InChI is InChI=1S/C26H25N3O4/c1-18-10-12-20(13-11-18)32-15-14-29-23-9-4-3-8-22(23)25(26(29)31)28-27-24(30)17-33-21-7-5-6-19(2)16-21/h3-13,16,31H,14-15,17H2,1-2H3. The minimum absolute atomic E-state index is 0.0696. The van der Waals surface area contributed by atoms with Crippen molar-refractivity contribution in [2.24, 2.45) is 10.2 Å². The number of para-hydroxylation sites is 1. The summed E-state index contributed by atoms with van der Waals surface area (Å²) in [7, 11) is 0. The largest absolute Gasteiger partial charge is 0.493 e. The Morgan fingerprint density at radius 2 is 1.70 bits per heavy atom. The molecule has 0 atom stereocenters. The van der Waals surface area contributed by atoms with Gasteiger partial charge in [-0.3, -0.25) is 4.79 Å². The predicted molar refractivity (Wildman–Crippen MR) is 126 cm³/mol. The second kappa shape index (κ2) is 9.99. The van der Waals surface area contributed by atoms with Crippen LogP contribution in [0, 0.1) is 13.8 Å². The Labute approximate surface area is 191 Å². The molecular formula is C26H25N3O4. The fraction of sp³-hybridized carbons (Fsp3) is 0.192. The van der Waals surface area contributed by atoms with Gasteiger partial charge in [0.2, 0.25) is 5.88 Å². The Balaban J connectivity index is 1.46. The predicted octanol–water partition coefficient (Wildman–Crippen LogP) is 5.73. The van der Waals surface area contributed by atoms with Gasteiger partial charge in [-0.1, -0.05) is 48.0 Å². The molecule has 1 amide bonds. The number of hydrogen-bond donors (Lipinski definition) is 1. The number of carbonyl (C=O) groups is 1. The second-order valence-corrected chi connectivity index (χ2v) is 7.70. The van der Waals surface area contributed by atoms with E-state index in [1.807, 2.05) is 80.6 Å². The Morgan fingerprint density at radius 1 is 0.909 bits per heavy atom. The van der Waals surface area contributed by atoms with E-state index in [9.17, 15) is 9.90 Å². The monoisotopic (exact) mass is 443 g/mol. The van der Waals surface area contributed by atoms with E-state index in [0.717, 1.165) is 22.4 Å². The maximum Gasteiger partial charge on any atom is 0.302 e. The Hall–Kier alpha value is -4.13. The first-order valence-corrected chi connectivity index (χ1v) is 10.6. The van der Waals surface area contributed by atoms with Crippen molar-refractivity contribution in [3.8, 4) is 17.4 Å². The summed E-state index contributed by atoms with van der Waals surface area (Å²) >= 11 is 0. The van der Waals surface area contributed by atoms with Crippen LogP contribution >= 0.6 is 0 Å². The number of aromatic nitrogens is 1. The molecule has 1 aromatic heterocycles. The molecule has 4 rings (SSSR count). The van der Waals surface area contributed by atoms with E-state index < -0.39 is 5.91 Å². The average molecular weight is 444 g/mol. The minimum Gasteiger partial charge on any atom is -0.493 e. The van der Waals surface area contributed by atoms with Gasteiger partial charge in [-0.2, -0.15) is 0 Å². The molecule has 1 N–H and O–H groups in total. The number of benzene rings is 3. The number of amides is 1. The molecule has 0 radical (unpaired) electrons. The molecule has 3 aromatic carbocycles. The van der Waals surface area contributed by atoms with Gasteiger partial charge in [0, 0.05) is 5.39 Å². The van der Waals surface area contributed by atoms with Crippen molar-refractivity contribution >= 4 is 22.5 Å². The molecule has 7 heteroatoms. The van der Waals surface area contributed by atoms with E-state index in [0.29, 0.717) is 24.3 Å². The molecule has 1 heterocycles. The molecule has 0 aliphatic heterocycles. The zero-order chi connectivity index (χ0) is 23.2. The van der Waals surface area contributed by atoms with Crippen LogP contribution in [0.5, 0.6) is 17.4 Å². The van der Waals surface area contributed by atoms with Crippen LogP contribution in [0.3, 0.4) is 0 Å². The van der Waals surface area contributed by atoms with Gasteiger partial charge in [-0.25, -0.2) is 0 Å². The Kier molecular flexibility index (Phi) is 6.69. The normalized spacial score (nSPS) is 11.2. The highest BCUT2D eigenvalue weighted by molar-refractivity contribution is 5.95. The van der Waals surface area contributed by atoms with Crippen molar-refractivity contribution in [3.63, 3.8) is 0 Å². The third-order valence-corrected chi connectivity index (χ3v) is 5.14. The number of aromatic hydroxyl groups is 1. The summed E-state index contributed by atoms with van der Waals surface area (Å²) in [5.74, 6) is 0.734. The van der Waals surface area contributed by atoms with Crippen LogP contribution in [-0.2, 0) is 11.3 Å². The number of azo groups is 1. The van der Waals surface area contributed by atoms with Crippen molar-refractivity contribution in [2.75, 3.05) is 13.2 Å². The molecule has 33 heavy (non-hydrogen) atoms. The highest BCUT2D eigenvalue weighted by Crippen LogP contribution is 2.38. The summed E-state index contributed by atoms with van der Waals surface area (Å²) in [5, 5.41) is 19.3. The first-order chi connectivity index (χ1) is 16.0. The highest BCUT2D eigenvalue weighted by Gasteiger charge is 2.17. The maximum absolute atomic E-state index is 12.2. The number of fused-ring (bicyclic) bond motifs is 1. The number of nitrogens with zero attached hydrogens (tertiary/aromatic N) is 3. The van der Waals surface area contributed by atoms with E-state index in [1.54, 1.807) is 10.6 Å². The van der Waals surface area contributed by atoms with E-state index in [2.05, 4.69) is 10.2 Å². The average Bonchev–Trinajstić information content (AvgIpc) is 3.08. The molecule has 0 saturated heterocycles. The van der Waals surface area contributed by atoms with Gasteiger partial charge >= 0.3 is 5.91 Å². The molecule has 7 nitrogen and oxygen atoms in total. The van der Waals surface area contributed by atoms with Gasteiger partial charge in [-0.05, 0) is 49.7 Å². The highest BCUT2D eigenvalue weighted by atomic mass is 16.5. The zero-order valence-electron chi connectivity index (χ0n) is 18.6. The molecule has 4 aromatic rings. The summed E-state index contributed by atoms with van der Waals surface area (Å²) < 4.78 is 13.0. The van der Waals surface area contributed by atoms with Gasteiger partial charge in [-0.15, -0.1) is 10.2 Å². The van der Waals surface area contributed by atoms with E-state index in [-0.39, 0.29) is 18.2 Å². The van der Waals surface area contributed by atoms with E-state index in [4.69, 9.17) is 9.47 Å². The number of aryl methyl sites for hydroxylation is 2. The molecule has 0 aliphatic rings. The van der Waals surface area contributed by atoms with Gasteiger partial charge in [0.1, 0.15) is 18.1 Å². The van der Waals surface area contributed by atoms with Crippen molar-refractivity contribution in [1.82, 2.24) is 4.57 Å². The summed E-state index contributed by atoms with van der Waals surface area (Å²) in [4.78, 5) is 12.2.